The lowest BCUT2D eigenvalue weighted by Gasteiger charge is -2.02. The van der Waals surface area contributed by atoms with Gasteiger partial charge in [0.25, 0.3) is 0 Å². The van der Waals surface area contributed by atoms with Crippen LogP contribution in [-0.2, 0) is 0 Å². The number of hydrogen-bond donors (Lipinski definition) is 2. The third-order valence-corrected chi connectivity index (χ3v) is 2.27. The minimum absolute atomic E-state index is 0.754. The van der Waals surface area contributed by atoms with Crippen LogP contribution in [0.15, 0.2) is 36.8 Å². The lowest BCUT2D eigenvalue weighted by molar-refractivity contribution is 1.01. The van der Waals surface area contributed by atoms with Crippen LogP contribution in [0.1, 0.15) is 0 Å². The third-order valence-electron chi connectivity index (χ3n) is 2.27. The van der Waals surface area contributed by atoms with E-state index in [4.69, 9.17) is 0 Å². The molecule has 3 rings (SSSR count). The van der Waals surface area contributed by atoms with Crippen LogP contribution in [0.2, 0.25) is 0 Å². The number of aromatic amines is 2. The highest BCUT2D eigenvalue weighted by atomic mass is 15.1. The number of nitrogens with one attached hydrogen (secondary N) is 2. The molecule has 2 N–H and O–H groups in total. The van der Waals surface area contributed by atoms with Crippen LogP contribution in [0.4, 0.5) is 0 Å². The maximum atomic E-state index is 4.11. The lowest BCUT2D eigenvalue weighted by atomic mass is 10.1. The van der Waals surface area contributed by atoms with E-state index in [0.717, 1.165) is 22.6 Å². The maximum absolute atomic E-state index is 4.11. The van der Waals surface area contributed by atoms with Crippen molar-refractivity contribution in [2.75, 3.05) is 0 Å². The molecular formula is C10H8N6. The van der Waals surface area contributed by atoms with Crippen molar-refractivity contribution in [3.05, 3.63) is 36.8 Å². The summed E-state index contributed by atoms with van der Waals surface area (Å²) in [6, 6.07) is 5.62. The van der Waals surface area contributed by atoms with Crippen molar-refractivity contribution in [2.45, 2.75) is 0 Å². The standard InChI is InChI=1S/C10H8N6/c1-4-13-16-10(9-3-6-12-15-9)7(1)8-2-5-11-14-8/h1-6H,(H,11,14)(H,12,15). The Labute approximate surface area is 90.7 Å². The predicted molar refractivity (Wildman–Crippen MR) is 57.2 cm³/mol. The van der Waals surface area contributed by atoms with Crippen LogP contribution in [0.3, 0.4) is 0 Å². The van der Waals surface area contributed by atoms with Gasteiger partial charge in [-0.15, -0.1) is 5.10 Å². The molecule has 0 bridgehead atoms. The number of nitrogens with zero attached hydrogens (tertiary/aromatic N) is 4. The van der Waals surface area contributed by atoms with Gasteiger partial charge in [-0.05, 0) is 18.2 Å². The number of aromatic nitrogens is 6. The molecule has 0 spiro atoms. The Balaban J connectivity index is 2.19. The molecule has 3 aromatic rings. The zero-order valence-electron chi connectivity index (χ0n) is 8.25. The van der Waals surface area contributed by atoms with Crippen molar-refractivity contribution in [3.8, 4) is 22.6 Å². The number of H-pyrrole nitrogens is 2. The molecule has 0 atom stereocenters. The highest BCUT2D eigenvalue weighted by molar-refractivity contribution is 5.75. The van der Waals surface area contributed by atoms with E-state index in [2.05, 4.69) is 30.6 Å². The minimum atomic E-state index is 0.754. The summed E-state index contributed by atoms with van der Waals surface area (Å²) in [5, 5.41) is 21.6. The summed E-state index contributed by atoms with van der Waals surface area (Å²) < 4.78 is 0. The Morgan fingerprint density at radius 2 is 1.56 bits per heavy atom. The summed E-state index contributed by atoms with van der Waals surface area (Å²) in [7, 11) is 0. The van der Waals surface area contributed by atoms with E-state index in [1.165, 1.54) is 0 Å². The number of rotatable bonds is 2. The van der Waals surface area contributed by atoms with Crippen LogP contribution in [0.25, 0.3) is 22.6 Å². The normalized spacial score (nSPS) is 10.5. The van der Waals surface area contributed by atoms with E-state index in [1.807, 2.05) is 18.2 Å². The fourth-order valence-corrected chi connectivity index (χ4v) is 1.54. The van der Waals surface area contributed by atoms with Crippen molar-refractivity contribution in [2.24, 2.45) is 0 Å². The molecule has 0 aliphatic rings. The van der Waals surface area contributed by atoms with Crippen LogP contribution >= 0.6 is 0 Å². The second-order valence-electron chi connectivity index (χ2n) is 3.23. The molecule has 0 saturated carbocycles. The lowest BCUT2D eigenvalue weighted by Crippen LogP contribution is -1.92. The van der Waals surface area contributed by atoms with Crippen LogP contribution in [0.5, 0.6) is 0 Å². The third kappa shape index (κ3) is 1.36. The Kier molecular flexibility index (Phi) is 1.96. The monoisotopic (exact) mass is 212 g/mol. The Hall–Kier alpha value is -2.50. The molecule has 0 amide bonds. The van der Waals surface area contributed by atoms with Crippen molar-refractivity contribution < 1.29 is 0 Å². The summed E-state index contributed by atoms with van der Waals surface area (Å²) in [5.41, 5.74) is 3.43. The van der Waals surface area contributed by atoms with Gasteiger partial charge in [0, 0.05) is 18.0 Å². The summed E-state index contributed by atoms with van der Waals surface area (Å²) in [4.78, 5) is 0. The van der Waals surface area contributed by atoms with E-state index in [1.54, 1.807) is 18.6 Å². The summed E-state index contributed by atoms with van der Waals surface area (Å²) in [6.45, 7) is 0. The van der Waals surface area contributed by atoms with Gasteiger partial charge in [0.1, 0.15) is 5.69 Å². The van der Waals surface area contributed by atoms with Gasteiger partial charge in [-0.3, -0.25) is 10.2 Å². The highest BCUT2D eigenvalue weighted by Gasteiger charge is 2.10. The first-order valence-electron chi connectivity index (χ1n) is 4.76. The van der Waals surface area contributed by atoms with E-state index in [9.17, 15) is 0 Å². The second-order valence-corrected chi connectivity index (χ2v) is 3.23. The average Bonchev–Trinajstić information content (AvgIpc) is 3.03. The first-order chi connectivity index (χ1) is 7.95. The van der Waals surface area contributed by atoms with Crippen LogP contribution < -0.4 is 0 Å². The van der Waals surface area contributed by atoms with E-state index in [-0.39, 0.29) is 0 Å². The molecule has 0 aromatic carbocycles. The van der Waals surface area contributed by atoms with Crippen molar-refractivity contribution in [3.63, 3.8) is 0 Å². The summed E-state index contributed by atoms with van der Waals surface area (Å²) in [6.07, 6.45) is 5.03. The molecule has 6 nitrogen and oxygen atoms in total. The molecule has 3 heterocycles. The van der Waals surface area contributed by atoms with Crippen LogP contribution in [0, 0.1) is 0 Å². The molecule has 0 radical (unpaired) electrons. The molecule has 0 unspecified atom stereocenters. The Morgan fingerprint density at radius 3 is 2.25 bits per heavy atom. The fraction of sp³-hybridized carbons (Fsp3) is 0. The van der Waals surface area contributed by atoms with Gasteiger partial charge >= 0.3 is 0 Å². The van der Waals surface area contributed by atoms with Crippen molar-refractivity contribution in [1.29, 1.82) is 0 Å². The van der Waals surface area contributed by atoms with Gasteiger partial charge < -0.3 is 0 Å². The maximum Gasteiger partial charge on any atom is 0.120 e. The van der Waals surface area contributed by atoms with Gasteiger partial charge in [-0.25, -0.2) is 0 Å². The minimum Gasteiger partial charge on any atom is -0.278 e. The van der Waals surface area contributed by atoms with Gasteiger partial charge in [0.15, 0.2) is 0 Å². The quantitative estimate of drug-likeness (QED) is 0.669. The van der Waals surface area contributed by atoms with E-state index >= 15 is 0 Å². The Bertz CT molecular complexity index is 516. The summed E-state index contributed by atoms with van der Waals surface area (Å²) in [5.74, 6) is 0. The smallest absolute Gasteiger partial charge is 0.120 e. The SMILES string of the molecule is c1cc(-c2ccn[nH]2)c(-c2ccn[nH]2)nn1. The summed E-state index contributed by atoms with van der Waals surface area (Å²) >= 11 is 0. The van der Waals surface area contributed by atoms with Gasteiger partial charge in [0.2, 0.25) is 0 Å². The second kappa shape index (κ2) is 3.58. The molecule has 6 heteroatoms. The van der Waals surface area contributed by atoms with Crippen molar-refractivity contribution >= 4 is 0 Å². The fourth-order valence-electron chi connectivity index (χ4n) is 1.54. The Morgan fingerprint density at radius 1 is 0.812 bits per heavy atom. The van der Waals surface area contributed by atoms with Gasteiger partial charge in [0.05, 0.1) is 17.6 Å². The van der Waals surface area contributed by atoms with Crippen LogP contribution in [-0.4, -0.2) is 30.6 Å². The first kappa shape index (κ1) is 8.78. The van der Waals surface area contributed by atoms with Gasteiger partial charge in [-0.2, -0.15) is 15.3 Å². The van der Waals surface area contributed by atoms with E-state index in [0.29, 0.717) is 0 Å². The topological polar surface area (TPSA) is 83.1 Å². The van der Waals surface area contributed by atoms with Crippen molar-refractivity contribution in [1.82, 2.24) is 30.6 Å². The number of hydrogen-bond acceptors (Lipinski definition) is 4. The van der Waals surface area contributed by atoms with E-state index < -0.39 is 0 Å². The highest BCUT2D eigenvalue weighted by Crippen LogP contribution is 2.26. The zero-order valence-corrected chi connectivity index (χ0v) is 8.25. The average molecular weight is 212 g/mol. The molecule has 0 fully saturated rings. The molecule has 0 saturated heterocycles. The zero-order chi connectivity index (χ0) is 10.8. The molecular weight excluding hydrogens is 204 g/mol. The molecule has 3 aromatic heterocycles. The first-order valence-corrected chi connectivity index (χ1v) is 4.76. The molecule has 78 valence electrons. The molecule has 0 aliphatic carbocycles. The molecule has 0 aliphatic heterocycles. The molecule has 16 heavy (non-hydrogen) atoms. The predicted octanol–water partition coefficient (Wildman–Crippen LogP) is 1.26. The van der Waals surface area contributed by atoms with Gasteiger partial charge in [-0.1, -0.05) is 0 Å². The largest absolute Gasteiger partial charge is 0.278 e.